The first-order valence-corrected chi connectivity index (χ1v) is 6.20. The SMILES string of the molecule is NCC(=O)NCC#CC1CCCc2cccnc21. The molecule has 1 unspecified atom stereocenters. The first-order chi connectivity index (χ1) is 8.81. The van der Waals surface area contributed by atoms with Crippen LogP contribution in [0, 0.1) is 11.8 Å². The van der Waals surface area contributed by atoms with Crippen molar-refractivity contribution >= 4 is 5.91 Å². The number of carbonyl (C=O) groups is 1. The molecule has 0 aliphatic heterocycles. The second kappa shape index (κ2) is 6.18. The summed E-state index contributed by atoms with van der Waals surface area (Å²) in [4.78, 5) is 15.4. The van der Waals surface area contributed by atoms with E-state index >= 15 is 0 Å². The van der Waals surface area contributed by atoms with Crippen LogP contribution in [0.15, 0.2) is 18.3 Å². The monoisotopic (exact) mass is 243 g/mol. The van der Waals surface area contributed by atoms with Crippen molar-refractivity contribution < 1.29 is 4.79 Å². The molecule has 1 aliphatic carbocycles. The molecule has 0 aromatic carbocycles. The van der Waals surface area contributed by atoms with E-state index in [0.29, 0.717) is 6.54 Å². The van der Waals surface area contributed by atoms with E-state index in [9.17, 15) is 4.79 Å². The fourth-order valence-electron chi connectivity index (χ4n) is 2.14. The van der Waals surface area contributed by atoms with Gasteiger partial charge in [0.15, 0.2) is 0 Å². The molecule has 1 aliphatic rings. The zero-order chi connectivity index (χ0) is 12.8. The number of rotatable bonds is 2. The molecule has 0 fully saturated rings. The molecule has 0 saturated carbocycles. The van der Waals surface area contributed by atoms with Crippen molar-refractivity contribution in [1.82, 2.24) is 10.3 Å². The number of nitrogens with two attached hydrogens (primary N) is 1. The lowest BCUT2D eigenvalue weighted by Crippen LogP contribution is -2.30. The average Bonchev–Trinajstić information content (AvgIpc) is 2.43. The van der Waals surface area contributed by atoms with Crippen molar-refractivity contribution in [2.24, 2.45) is 5.73 Å². The van der Waals surface area contributed by atoms with E-state index in [-0.39, 0.29) is 18.4 Å². The Morgan fingerprint density at radius 3 is 3.33 bits per heavy atom. The Morgan fingerprint density at radius 2 is 2.50 bits per heavy atom. The van der Waals surface area contributed by atoms with Crippen LogP contribution in [-0.4, -0.2) is 24.0 Å². The molecule has 1 amide bonds. The zero-order valence-electron chi connectivity index (χ0n) is 10.3. The first kappa shape index (κ1) is 12.6. The van der Waals surface area contributed by atoms with Gasteiger partial charge in [0.25, 0.3) is 0 Å². The van der Waals surface area contributed by atoms with Crippen LogP contribution in [0.25, 0.3) is 0 Å². The largest absolute Gasteiger partial charge is 0.344 e. The number of aryl methyl sites for hydroxylation is 1. The summed E-state index contributed by atoms with van der Waals surface area (Å²) in [6.45, 7) is 0.365. The molecule has 1 aromatic rings. The Kier molecular flexibility index (Phi) is 4.32. The Bertz CT molecular complexity index is 487. The summed E-state index contributed by atoms with van der Waals surface area (Å²) in [5.41, 5.74) is 7.59. The predicted molar refractivity (Wildman–Crippen MR) is 69.8 cm³/mol. The van der Waals surface area contributed by atoms with Gasteiger partial charge in [-0.15, -0.1) is 0 Å². The zero-order valence-corrected chi connectivity index (χ0v) is 10.3. The normalized spacial score (nSPS) is 17.3. The van der Waals surface area contributed by atoms with Crippen molar-refractivity contribution in [2.75, 3.05) is 13.1 Å². The van der Waals surface area contributed by atoms with Crippen LogP contribution in [0.2, 0.25) is 0 Å². The Morgan fingerprint density at radius 1 is 1.61 bits per heavy atom. The third-order valence-corrected chi connectivity index (χ3v) is 3.03. The molecule has 1 atom stereocenters. The fraction of sp³-hybridized carbons (Fsp3) is 0.429. The minimum Gasteiger partial charge on any atom is -0.344 e. The molecule has 0 bridgehead atoms. The summed E-state index contributed by atoms with van der Waals surface area (Å²) < 4.78 is 0. The van der Waals surface area contributed by atoms with Gasteiger partial charge in [-0.3, -0.25) is 9.78 Å². The van der Waals surface area contributed by atoms with Crippen molar-refractivity contribution in [3.63, 3.8) is 0 Å². The summed E-state index contributed by atoms with van der Waals surface area (Å²) in [6.07, 6.45) is 5.09. The molecular weight excluding hydrogens is 226 g/mol. The Hall–Kier alpha value is -1.86. The maximum atomic E-state index is 10.9. The predicted octanol–water partition coefficient (Wildman–Crippen LogP) is 0.580. The molecular formula is C14H17N3O. The third-order valence-electron chi connectivity index (χ3n) is 3.03. The third kappa shape index (κ3) is 3.08. The van der Waals surface area contributed by atoms with Crippen LogP contribution < -0.4 is 11.1 Å². The Balaban J connectivity index is 1.99. The molecule has 18 heavy (non-hydrogen) atoms. The van der Waals surface area contributed by atoms with E-state index < -0.39 is 0 Å². The molecule has 1 heterocycles. The van der Waals surface area contributed by atoms with Gasteiger partial charge >= 0.3 is 0 Å². The van der Waals surface area contributed by atoms with Crippen LogP contribution in [-0.2, 0) is 11.2 Å². The highest BCUT2D eigenvalue weighted by atomic mass is 16.1. The molecule has 4 nitrogen and oxygen atoms in total. The summed E-state index contributed by atoms with van der Waals surface area (Å²) in [5.74, 6) is 6.20. The van der Waals surface area contributed by atoms with Crippen molar-refractivity contribution in [2.45, 2.75) is 25.2 Å². The fourth-order valence-corrected chi connectivity index (χ4v) is 2.14. The molecule has 3 N–H and O–H groups in total. The highest BCUT2D eigenvalue weighted by molar-refractivity contribution is 5.77. The van der Waals surface area contributed by atoms with Crippen molar-refractivity contribution in [3.05, 3.63) is 29.6 Å². The molecule has 94 valence electrons. The number of amides is 1. The minimum absolute atomic E-state index is 0.00942. The van der Waals surface area contributed by atoms with Crippen molar-refractivity contribution in [3.8, 4) is 11.8 Å². The number of hydrogen-bond acceptors (Lipinski definition) is 3. The van der Waals surface area contributed by atoms with Gasteiger partial charge in [0.1, 0.15) is 0 Å². The molecule has 2 rings (SSSR count). The first-order valence-electron chi connectivity index (χ1n) is 6.20. The number of nitrogens with one attached hydrogen (secondary N) is 1. The minimum atomic E-state index is -0.175. The van der Waals surface area contributed by atoms with Crippen LogP contribution >= 0.6 is 0 Å². The molecule has 0 spiro atoms. The van der Waals surface area contributed by atoms with Crippen LogP contribution in [0.1, 0.15) is 30.0 Å². The molecule has 1 aromatic heterocycles. The van der Waals surface area contributed by atoms with E-state index in [2.05, 4.69) is 28.2 Å². The van der Waals surface area contributed by atoms with E-state index in [1.807, 2.05) is 12.3 Å². The highest BCUT2D eigenvalue weighted by Crippen LogP contribution is 2.28. The summed E-state index contributed by atoms with van der Waals surface area (Å²) in [7, 11) is 0. The van der Waals surface area contributed by atoms with Crippen molar-refractivity contribution in [1.29, 1.82) is 0 Å². The maximum Gasteiger partial charge on any atom is 0.234 e. The lowest BCUT2D eigenvalue weighted by atomic mass is 9.87. The topological polar surface area (TPSA) is 68.0 Å². The van der Waals surface area contributed by atoms with E-state index in [4.69, 9.17) is 5.73 Å². The lowest BCUT2D eigenvalue weighted by Gasteiger charge is -2.19. The van der Waals surface area contributed by atoms with Gasteiger partial charge in [0.05, 0.1) is 24.7 Å². The molecule has 0 saturated heterocycles. The van der Waals surface area contributed by atoms with Gasteiger partial charge in [0.2, 0.25) is 5.91 Å². The van der Waals surface area contributed by atoms with Crippen LogP contribution in [0.4, 0.5) is 0 Å². The van der Waals surface area contributed by atoms with Gasteiger partial charge < -0.3 is 11.1 Å². The number of carbonyl (C=O) groups excluding carboxylic acids is 1. The van der Waals surface area contributed by atoms with E-state index in [0.717, 1.165) is 25.0 Å². The van der Waals surface area contributed by atoms with Crippen LogP contribution in [0.3, 0.4) is 0 Å². The summed E-state index contributed by atoms with van der Waals surface area (Å²) in [5, 5.41) is 2.64. The summed E-state index contributed by atoms with van der Waals surface area (Å²) in [6, 6.07) is 4.09. The van der Waals surface area contributed by atoms with E-state index in [1.165, 1.54) is 5.56 Å². The quantitative estimate of drug-likeness (QED) is 0.747. The van der Waals surface area contributed by atoms with Crippen LogP contribution in [0.5, 0.6) is 0 Å². The van der Waals surface area contributed by atoms with E-state index in [1.54, 1.807) is 0 Å². The smallest absolute Gasteiger partial charge is 0.234 e. The molecule has 0 radical (unpaired) electrons. The standard InChI is InChI=1S/C14H17N3O/c15-10-13(18)16-8-2-6-11-4-1-5-12-7-3-9-17-14(11)12/h3,7,9,11H,1,4-5,8,10,15H2,(H,16,18). The number of nitrogens with zero attached hydrogens (tertiary/aromatic N) is 1. The number of hydrogen-bond donors (Lipinski definition) is 2. The van der Waals surface area contributed by atoms with Gasteiger partial charge in [-0.2, -0.15) is 0 Å². The molecule has 4 heteroatoms. The number of pyridine rings is 1. The lowest BCUT2D eigenvalue weighted by molar-refractivity contribution is -0.119. The number of aromatic nitrogens is 1. The van der Waals surface area contributed by atoms with Gasteiger partial charge in [-0.05, 0) is 30.9 Å². The highest BCUT2D eigenvalue weighted by Gasteiger charge is 2.18. The number of fused-ring (bicyclic) bond motifs is 1. The van der Waals surface area contributed by atoms with Gasteiger partial charge in [-0.1, -0.05) is 17.9 Å². The average molecular weight is 243 g/mol. The van der Waals surface area contributed by atoms with Gasteiger partial charge in [0, 0.05) is 6.20 Å². The maximum absolute atomic E-state index is 10.9. The second-order valence-corrected chi connectivity index (χ2v) is 4.29. The second-order valence-electron chi connectivity index (χ2n) is 4.29. The summed E-state index contributed by atoms with van der Waals surface area (Å²) >= 11 is 0. The van der Waals surface area contributed by atoms with Gasteiger partial charge in [-0.25, -0.2) is 0 Å². The Labute approximate surface area is 107 Å².